The van der Waals surface area contributed by atoms with E-state index in [2.05, 4.69) is 41.5 Å². The Morgan fingerprint density at radius 1 is 0.750 bits per heavy atom. The fourth-order valence-electron chi connectivity index (χ4n) is 3.89. The van der Waals surface area contributed by atoms with Gasteiger partial charge >= 0.3 is 0 Å². The quantitative estimate of drug-likeness (QED) is 0.493. The van der Waals surface area contributed by atoms with Crippen molar-refractivity contribution in [1.82, 2.24) is 0 Å². The van der Waals surface area contributed by atoms with Crippen LogP contribution in [0, 0.1) is 22.7 Å². The van der Waals surface area contributed by atoms with Crippen LogP contribution in [0.15, 0.2) is 60.7 Å². The standard InChI is InChI=1S/C26H34O2/c1-25(2,3)18-21(24(28)20-15-11-8-12-16-20)22(26(4,5)6)17-23(27)19-13-9-7-10-14-19/h7-16,21-22H,17-18H2,1-6H3. The van der Waals surface area contributed by atoms with Crippen molar-refractivity contribution < 1.29 is 9.59 Å². The third-order valence-corrected chi connectivity index (χ3v) is 5.33. The first kappa shape index (κ1) is 22.1. The summed E-state index contributed by atoms with van der Waals surface area (Å²) in [6.45, 7) is 12.9. The van der Waals surface area contributed by atoms with E-state index in [0.29, 0.717) is 6.42 Å². The Labute approximate surface area is 170 Å². The number of rotatable bonds is 7. The highest BCUT2D eigenvalue weighted by atomic mass is 16.1. The molecule has 0 aliphatic rings. The van der Waals surface area contributed by atoms with Crippen LogP contribution in [-0.2, 0) is 0 Å². The Morgan fingerprint density at radius 2 is 1.21 bits per heavy atom. The highest BCUT2D eigenvalue weighted by molar-refractivity contribution is 6.00. The van der Waals surface area contributed by atoms with Crippen LogP contribution in [0.5, 0.6) is 0 Å². The van der Waals surface area contributed by atoms with Crippen molar-refractivity contribution in [2.75, 3.05) is 0 Å². The molecule has 0 spiro atoms. The van der Waals surface area contributed by atoms with E-state index >= 15 is 0 Å². The van der Waals surface area contributed by atoms with Gasteiger partial charge in [0.1, 0.15) is 0 Å². The zero-order chi connectivity index (χ0) is 20.9. The number of carbonyl (C=O) groups is 2. The van der Waals surface area contributed by atoms with Crippen LogP contribution in [0.25, 0.3) is 0 Å². The Morgan fingerprint density at radius 3 is 1.64 bits per heavy atom. The fraction of sp³-hybridized carbons (Fsp3) is 0.462. The van der Waals surface area contributed by atoms with Gasteiger partial charge in [-0.15, -0.1) is 0 Å². The van der Waals surface area contributed by atoms with E-state index in [-0.39, 0.29) is 34.2 Å². The first-order chi connectivity index (χ1) is 13.0. The molecule has 2 atom stereocenters. The van der Waals surface area contributed by atoms with Gasteiger partial charge < -0.3 is 0 Å². The zero-order valence-corrected chi connectivity index (χ0v) is 18.2. The highest BCUT2D eigenvalue weighted by Crippen LogP contribution is 2.42. The molecule has 0 fully saturated rings. The van der Waals surface area contributed by atoms with Crippen molar-refractivity contribution in [2.45, 2.75) is 54.4 Å². The molecule has 0 aromatic heterocycles. The van der Waals surface area contributed by atoms with Gasteiger partial charge in [-0.1, -0.05) is 102 Å². The van der Waals surface area contributed by atoms with Crippen LogP contribution in [0.3, 0.4) is 0 Å². The van der Waals surface area contributed by atoms with Crippen LogP contribution in [0.1, 0.15) is 75.1 Å². The van der Waals surface area contributed by atoms with Crippen molar-refractivity contribution in [3.63, 3.8) is 0 Å². The van der Waals surface area contributed by atoms with E-state index in [0.717, 1.165) is 17.5 Å². The summed E-state index contributed by atoms with van der Waals surface area (Å²) >= 11 is 0. The third-order valence-electron chi connectivity index (χ3n) is 5.33. The molecule has 0 aliphatic carbocycles. The number of hydrogen-bond donors (Lipinski definition) is 0. The molecule has 0 amide bonds. The molecule has 2 aromatic rings. The minimum atomic E-state index is -0.199. The molecule has 0 saturated carbocycles. The lowest BCUT2D eigenvalue weighted by molar-refractivity contribution is 0.0615. The fourth-order valence-corrected chi connectivity index (χ4v) is 3.89. The molecule has 2 unspecified atom stereocenters. The Kier molecular flexibility index (Phi) is 6.98. The molecule has 2 heteroatoms. The average Bonchev–Trinajstić information content (AvgIpc) is 2.63. The second-order valence-corrected chi connectivity index (χ2v) is 10.1. The average molecular weight is 379 g/mol. The summed E-state index contributed by atoms with van der Waals surface area (Å²) in [5.41, 5.74) is 1.29. The van der Waals surface area contributed by atoms with Gasteiger partial charge in [0.2, 0.25) is 0 Å². The molecular formula is C26H34O2. The smallest absolute Gasteiger partial charge is 0.166 e. The second-order valence-electron chi connectivity index (χ2n) is 10.1. The summed E-state index contributed by atoms with van der Waals surface area (Å²) in [7, 11) is 0. The molecule has 0 N–H and O–H groups in total. The molecule has 0 radical (unpaired) electrons. The predicted octanol–water partition coefficient (Wildman–Crippen LogP) is 6.86. The Bertz CT molecular complexity index is 777. The SMILES string of the molecule is CC(C)(C)CC(C(=O)c1ccccc1)C(CC(=O)c1ccccc1)C(C)(C)C. The minimum Gasteiger partial charge on any atom is -0.294 e. The maximum atomic E-state index is 13.5. The summed E-state index contributed by atoms with van der Waals surface area (Å²) in [4.78, 5) is 26.5. The molecule has 0 saturated heterocycles. The van der Waals surface area contributed by atoms with E-state index in [1.165, 1.54) is 0 Å². The molecule has 28 heavy (non-hydrogen) atoms. The van der Waals surface area contributed by atoms with Gasteiger partial charge in [-0.25, -0.2) is 0 Å². The number of hydrogen-bond acceptors (Lipinski definition) is 2. The topological polar surface area (TPSA) is 34.1 Å². The highest BCUT2D eigenvalue weighted by Gasteiger charge is 2.40. The van der Waals surface area contributed by atoms with Gasteiger partial charge in [0, 0.05) is 23.5 Å². The van der Waals surface area contributed by atoms with Crippen LogP contribution >= 0.6 is 0 Å². The van der Waals surface area contributed by atoms with Gasteiger partial charge in [-0.2, -0.15) is 0 Å². The summed E-state index contributed by atoms with van der Waals surface area (Å²) < 4.78 is 0. The lowest BCUT2D eigenvalue weighted by Gasteiger charge is -2.39. The molecule has 0 heterocycles. The summed E-state index contributed by atoms with van der Waals surface area (Å²) in [5, 5.41) is 0. The summed E-state index contributed by atoms with van der Waals surface area (Å²) in [6.07, 6.45) is 1.14. The van der Waals surface area contributed by atoms with E-state index in [4.69, 9.17) is 0 Å². The third kappa shape index (κ3) is 6.15. The molecular weight excluding hydrogens is 344 g/mol. The first-order valence-electron chi connectivity index (χ1n) is 10.2. The normalized spacial score (nSPS) is 14.4. The number of carbonyl (C=O) groups excluding carboxylic acids is 2. The van der Waals surface area contributed by atoms with Crippen LogP contribution in [0.2, 0.25) is 0 Å². The molecule has 2 nitrogen and oxygen atoms in total. The van der Waals surface area contributed by atoms with Crippen molar-refractivity contribution in [1.29, 1.82) is 0 Å². The van der Waals surface area contributed by atoms with Gasteiger partial charge in [0.15, 0.2) is 11.6 Å². The monoisotopic (exact) mass is 378 g/mol. The van der Waals surface area contributed by atoms with Gasteiger partial charge in [-0.05, 0) is 23.2 Å². The van der Waals surface area contributed by atoms with Crippen molar-refractivity contribution in [3.8, 4) is 0 Å². The maximum absolute atomic E-state index is 13.5. The van der Waals surface area contributed by atoms with E-state index in [1.807, 2.05) is 60.7 Å². The van der Waals surface area contributed by atoms with Crippen molar-refractivity contribution >= 4 is 11.6 Å². The lowest BCUT2D eigenvalue weighted by Crippen LogP contribution is -2.37. The number of ketones is 2. The van der Waals surface area contributed by atoms with Crippen LogP contribution in [-0.4, -0.2) is 11.6 Å². The summed E-state index contributed by atoms with van der Waals surface area (Å²) in [6, 6.07) is 18.9. The number of Topliss-reactive ketones (excluding diaryl/α,β-unsaturated/α-hetero) is 2. The second kappa shape index (κ2) is 8.86. The Balaban J connectivity index is 2.41. The maximum Gasteiger partial charge on any atom is 0.166 e. The summed E-state index contributed by atoms with van der Waals surface area (Å²) in [5.74, 6) is 0.0267. The number of benzene rings is 2. The van der Waals surface area contributed by atoms with E-state index in [9.17, 15) is 9.59 Å². The largest absolute Gasteiger partial charge is 0.294 e. The van der Waals surface area contributed by atoms with E-state index in [1.54, 1.807) is 0 Å². The van der Waals surface area contributed by atoms with Gasteiger partial charge in [0.05, 0.1) is 0 Å². The lowest BCUT2D eigenvalue weighted by atomic mass is 9.64. The van der Waals surface area contributed by atoms with Gasteiger partial charge in [0.25, 0.3) is 0 Å². The Hall–Kier alpha value is -2.22. The zero-order valence-electron chi connectivity index (χ0n) is 18.2. The molecule has 0 aliphatic heterocycles. The molecule has 0 bridgehead atoms. The molecule has 150 valence electrons. The van der Waals surface area contributed by atoms with Crippen molar-refractivity contribution in [3.05, 3.63) is 71.8 Å². The van der Waals surface area contributed by atoms with Crippen LogP contribution < -0.4 is 0 Å². The predicted molar refractivity (Wildman–Crippen MR) is 117 cm³/mol. The minimum absolute atomic E-state index is 0.00555. The van der Waals surface area contributed by atoms with E-state index < -0.39 is 0 Å². The molecule has 2 rings (SSSR count). The van der Waals surface area contributed by atoms with Gasteiger partial charge in [-0.3, -0.25) is 9.59 Å². The van der Waals surface area contributed by atoms with Crippen LogP contribution in [0.4, 0.5) is 0 Å². The first-order valence-corrected chi connectivity index (χ1v) is 10.2. The molecule has 2 aromatic carbocycles. The van der Waals surface area contributed by atoms with Crippen molar-refractivity contribution in [2.24, 2.45) is 22.7 Å².